The van der Waals surface area contributed by atoms with Crippen LogP contribution >= 0.6 is 0 Å². The lowest BCUT2D eigenvalue weighted by Crippen LogP contribution is -2.38. The number of hydrogen-bond donors (Lipinski definition) is 2. The molecule has 0 saturated carbocycles. The summed E-state index contributed by atoms with van der Waals surface area (Å²) in [4.78, 5) is 27.6. The number of likely N-dealkylation sites (tertiary alicyclic amines) is 1. The monoisotopic (exact) mass is 432 g/mol. The molecule has 7 heteroatoms. The summed E-state index contributed by atoms with van der Waals surface area (Å²) in [5, 5.41) is 16.4. The normalized spacial score (nSPS) is 14.4. The SMILES string of the molecule is Cc1ccc(C(=O)N2CCC(c3ccnn3CCO)CC2)cc1NC(=O)c1ccccc1. The van der Waals surface area contributed by atoms with Crippen molar-refractivity contribution in [1.82, 2.24) is 14.7 Å². The van der Waals surface area contributed by atoms with E-state index in [0.717, 1.165) is 24.1 Å². The van der Waals surface area contributed by atoms with Crippen LogP contribution in [0.4, 0.5) is 5.69 Å². The number of aliphatic hydroxyl groups excluding tert-OH is 1. The summed E-state index contributed by atoms with van der Waals surface area (Å²) in [6.45, 7) is 3.78. The average molecular weight is 433 g/mol. The Kier molecular flexibility index (Phi) is 6.66. The number of amides is 2. The van der Waals surface area contributed by atoms with Gasteiger partial charge in [0.1, 0.15) is 0 Å². The zero-order chi connectivity index (χ0) is 22.5. The summed E-state index contributed by atoms with van der Waals surface area (Å²) < 4.78 is 1.85. The number of nitrogens with zero attached hydrogens (tertiary/aromatic N) is 3. The van der Waals surface area contributed by atoms with E-state index < -0.39 is 0 Å². The van der Waals surface area contributed by atoms with Crippen LogP contribution in [0.2, 0.25) is 0 Å². The van der Waals surface area contributed by atoms with E-state index in [1.165, 1.54) is 0 Å². The smallest absolute Gasteiger partial charge is 0.255 e. The van der Waals surface area contributed by atoms with Crippen molar-refractivity contribution in [1.29, 1.82) is 0 Å². The van der Waals surface area contributed by atoms with Crippen LogP contribution in [0, 0.1) is 6.92 Å². The first-order valence-electron chi connectivity index (χ1n) is 11.0. The second-order valence-corrected chi connectivity index (χ2v) is 8.12. The Labute approximate surface area is 187 Å². The maximum absolute atomic E-state index is 13.1. The highest BCUT2D eigenvalue weighted by molar-refractivity contribution is 6.05. The quantitative estimate of drug-likeness (QED) is 0.625. The van der Waals surface area contributed by atoms with E-state index in [1.807, 2.05) is 52.9 Å². The Morgan fingerprint density at radius 3 is 2.53 bits per heavy atom. The Bertz CT molecular complexity index is 1090. The molecule has 2 aromatic carbocycles. The summed E-state index contributed by atoms with van der Waals surface area (Å²) in [6.07, 6.45) is 3.47. The summed E-state index contributed by atoms with van der Waals surface area (Å²) in [5.41, 5.74) is 3.82. The number of aliphatic hydroxyl groups is 1. The first-order valence-corrected chi connectivity index (χ1v) is 11.0. The number of hydrogen-bond acceptors (Lipinski definition) is 4. The predicted molar refractivity (Wildman–Crippen MR) is 123 cm³/mol. The van der Waals surface area contributed by atoms with Gasteiger partial charge < -0.3 is 15.3 Å². The van der Waals surface area contributed by atoms with E-state index in [4.69, 9.17) is 0 Å². The van der Waals surface area contributed by atoms with Gasteiger partial charge in [0.15, 0.2) is 0 Å². The van der Waals surface area contributed by atoms with Crippen molar-refractivity contribution in [3.63, 3.8) is 0 Å². The van der Waals surface area contributed by atoms with Crippen LogP contribution in [0.1, 0.15) is 50.7 Å². The van der Waals surface area contributed by atoms with Crippen molar-refractivity contribution in [2.75, 3.05) is 25.0 Å². The molecule has 0 unspecified atom stereocenters. The fourth-order valence-electron chi connectivity index (χ4n) is 4.21. The highest BCUT2D eigenvalue weighted by atomic mass is 16.3. The van der Waals surface area contributed by atoms with Crippen molar-refractivity contribution in [3.05, 3.63) is 83.2 Å². The lowest BCUT2D eigenvalue weighted by Gasteiger charge is -2.32. The molecule has 7 nitrogen and oxygen atoms in total. The van der Waals surface area contributed by atoms with Crippen LogP contribution < -0.4 is 5.32 Å². The molecule has 2 amide bonds. The van der Waals surface area contributed by atoms with Crippen molar-refractivity contribution in [2.24, 2.45) is 0 Å². The van der Waals surface area contributed by atoms with Gasteiger partial charge in [0.25, 0.3) is 11.8 Å². The summed E-state index contributed by atoms with van der Waals surface area (Å²) in [6, 6.07) is 16.5. The van der Waals surface area contributed by atoms with Crippen molar-refractivity contribution >= 4 is 17.5 Å². The summed E-state index contributed by atoms with van der Waals surface area (Å²) in [5.74, 6) is 0.105. The Morgan fingerprint density at radius 2 is 1.81 bits per heavy atom. The zero-order valence-electron chi connectivity index (χ0n) is 18.2. The minimum Gasteiger partial charge on any atom is -0.394 e. The van der Waals surface area contributed by atoms with Crippen LogP contribution in [0.15, 0.2) is 60.8 Å². The van der Waals surface area contributed by atoms with Gasteiger partial charge in [-0.15, -0.1) is 0 Å². The number of nitrogens with one attached hydrogen (secondary N) is 1. The summed E-state index contributed by atoms with van der Waals surface area (Å²) in [7, 11) is 0. The number of benzene rings is 2. The molecule has 1 aliphatic heterocycles. The molecule has 1 aliphatic rings. The minimum absolute atomic E-state index is 0.0254. The molecular formula is C25H28N4O3. The molecule has 2 N–H and O–H groups in total. The van der Waals surface area contributed by atoms with Gasteiger partial charge in [0.05, 0.1) is 13.2 Å². The second-order valence-electron chi connectivity index (χ2n) is 8.12. The van der Waals surface area contributed by atoms with E-state index in [0.29, 0.717) is 42.4 Å². The highest BCUT2D eigenvalue weighted by Gasteiger charge is 2.26. The third-order valence-corrected chi connectivity index (χ3v) is 6.03. The van der Waals surface area contributed by atoms with E-state index in [2.05, 4.69) is 10.4 Å². The third kappa shape index (κ3) is 4.73. The van der Waals surface area contributed by atoms with Gasteiger partial charge in [-0.05, 0) is 55.7 Å². The van der Waals surface area contributed by atoms with Gasteiger partial charge in [-0.3, -0.25) is 14.3 Å². The maximum atomic E-state index is 13.1. The van der Waals surface area contributed by atoms with Crippen LogP contribution in [0.25, 0.3) is 0 Å². The van der Waals surface area contributed by atoms with E-state index in [9.17, 15) is 14.7 Å². The number of carbonyl (C=O) groups excluding carboxylic acids is 2. The third-order valence-electron chi connectivity index (χ3n) is 6.03. The van der Waals surface area contributed by atoms with Crippen LogP contribution in [0.3, 0.4) is 0 Å². The predicted octanol–water partition coefficient (Wildman–Crippen LogP) is 3.46. The molecule has 4 rings (SSSR count). The molecule has 3 aromatic rings. The maximum Gasteiger partial charge on any atom is 0.255 e. The first-order chi connectivity index (χ1) is 15.6. The Balaban J connectivity index is 1.42. The molecule has 1 saturated heterocycles. The number of piperidine rings is 1. The summed E-state index contributed by atoms with van der Waals surface area (Å²) >= 11 is 0. The molecule has 0 radical (unpaired) electrons. The first kappa shape index (κ1) is 21.8. The van der Waals surface area contributed by atoms with Gasteiger partial charge in [0.2, 0.25) is 0 Å². The van der Waals surface area contributed by atoms with Gasteiger partial charge in [0, 0.05) is 47.7 Å². The van der Waals surface area contributed by atoms with Crippen LogP contribution in [-0.2, 0) is 6.54 Å². The number of aromatic nitrogens is 2. The van der Waals surface area contributed by atoms with E-state index >= 15 is 0 Å². The van der Waals surface area contributed by atoms with Gasteiger partial charge >= 0.3 is 0 Å². The standard InChI is InChI=1S/C25H28N4O3/c1-18-7-8-21(17-22(18)27-24(31)20-5-3-2-4-6-20)25(32)28-13-10-19(11-14-28)23-9-12-26-29(23)15-16-30/h2-9,12,17,19,30H,10-11,13-16H2,1H3,(H,27,31). The molecule has 0 atom stereocenters. The molecule has 2 heterocycles. The Morgan fingerprint density at radius 1 is 1.06 bits per heavy atom. The van der Waals surface area contributed by atoms with Crippen molar-refractivity contribution in [2.45, 2.75) is 32.2 Å². The van der Waals surface area contributed by atoms with E-state index in [-0.39, 0.29) is 18.4 Å². The van der Waals surface area contributed by atoms with Gasteiger partial charge in [-0.25, -0.2) is 0 Å². The number of anilines is 1. The molecular weight excluding hydrogens is 404 g/mol. The fraction of sp³-hybridized carbons (Fsp3) is 0.320. The molecule has 0 aliphatic carbocycles. The van der Waals surface area contributed by atoms with Crippen molar-refractivity contribution in [3.8, 4) is 0 Å². The number of aryl methyl sites for hydroxylation is 1. The van der Waals surface area contributed by atoms with E-state index in [1.54, 1.807) is 24.4 Å². The number of rotatable bonds is 6. The fourth-order valence-corrected chi connectivity index (χ4v) is 4.21. The van der Waals surface area contributed by atoms with Crippen molar-refractivity contribution < 1.29 is 14.7 Å². The molecule has 1 aromatic heterocycles. The zero-order valence-corrected chi connectivity index (χ0v) is 18.2. The Hall–Kier alpha value is -3.45. The van der Waals surface area contributed by atoms with Gasteiger partial charge in [-0.2, -0.15) is 5.10 Å². The number of carbonyl (C=O) groups is 2. The minimum atomic E-state index is -0.196. The van der Waals surface area contributed by atoms with Crippen LogP contribution in [-0.4, -0.2) is 51.3 Å². The molecule has 32 heavy (non-hydrogen) atoms. The molecule has 0 spiro atoms. The lowest BCUT2D eigenvalue weighted by molar-refractivity contribution is 0.0710. The molecule has 0 bridgehead atoms. The highest BCUT2D eigenvalue weighted by Crippen LogP contribution is 2.29. The average Bonchev–Trinajstić information content (AvgIpc) is 3.29. The molecule has 166 valence electrons. The largest absolute Gasteiger partial charge is 0.394 e. The second kappa shape index (κ2) is 9.78. The van der Waals surface area contributed by atoms with Crippen LogP contribution in [0.5, 0.6) is 0 Å². The lowest BCUT2D eigenvalue weighted by atomic mass is 9.93. The topological polar surface area (TPSA) is 87.5 Å². The van der Waals surface area contributed by atoms with Gasteiger partial charge in [-0.1, -0.05) is 24.3 Å². The molecule has 1 fully saturated rings.